The summed E-state index contributed by atoms with van der Waals surface area (Å²) in [6.45, 7) is 5.46. The number of fused-ring (bicyclic) bond motifs is 1. The molecular weight excluding hydrogens is 294 g/mol. The number of benzene rings is 2. The first-order chi connectivity index (χ1) is 10.8. The Balaban J connectivity index is 2.05. The van der Waals surface area contributed by atoms with Crippen molar-refractivity contribution in [2.45, 2.75) is 32.5 Å². The van der Waals surface area contributed by atoms with E-state index < -0.39 is 17.8 Å². The van der Waals surface area contributed by atoms with Crippen LogP contribution in [0.25, 0.3) is 10.8 Å². The zero-order valence-electron chi connectivity index (χ0n) is 13.9. The molecule has 2 aromatic carbocycles. The van der Waals surface area contributed by atoms with Gasteiger partial charge in [0.05, 0.1) is 19.8 Å². The number of rotatable bonds is 4. The molecule has 0 aromatic heterocycles. The summed E-state index contributed by atoms with van der Waals surface area (Å²) < 4.78 is 10.4. The lowest BCUT2D eigenvalue weighted by Crippen LogP contribution is -2.34. The Kier molecular flexibility index (Phi) is 5.11. The predicted molar refractivity (Wildman–Crippen MR) is 89.7 cm³/mol. The van der Waals surface area contributed by atoms with Gasteiger partial charge in [0.1, 0.15) is 11.4 Å². The van der Waals surface area contributed by atoms with Gasteiger partial charge in [0.25, 0.3) is 0 Å². The maximum Gasteiger partial charge on any atom is 0.407 e. The molecule has 5 heteroatoms. The Morgan fingerprint density at radius 2 is 1.87 bits per heavy atom. The Hall–Kier alpha value is -2.27. The largest absolute Gasteiger partial charge is 0.497 e. The third-order valence-corrected chi connectivity index (χ3v) is 3.29. The Bertz CT molecular complexity index is 691. The first-order valence-corrected chi connectivity index (χ1v) is 7.51. The molecule has 0 spiro atoms. The highest BCUT2D eigenvalue weighted by Crippen LogP contribution is 2.24. The molecule has 2 rings (SSSR count). The molecule has 0 radical (unpaired) electrons. The summed E-state index contributed by atoms with van der Waals surface area (Å²) in [6, 6.07) is 11.4. The lowest BCUT2D eigenvalue weighted by molar-refractivity contribution is 0.0492. The van der Waals surface area contributed by atoms with Gasteiger partial charge in [0.2, 0.25) is 0 Å². The molecule has 1 atom stereocenters. The summed E-state index contributed by atoms with van der Waals surface area (Å²) in [5.74, 6) is 0.760. The van der Waals surface area contributed by atoms with Crippen LogP contribution in [0.4, 0.5) is 4.79 Å². The molecule has 0 aliphatic rings. The van der Waals surface area contributed by atoms with E-state index >= 15 is 0 Å². The van der Waals surface area contributed by atoms with Crippen molar-refractivity contribution in [1.82, 2.24) is 5.32 Å². The number of alkyl carbamates (subject to hydrolysis) is 1. The minimum atomic E-state index is -0.807. The molecule has 2 aromatic rings. The molecule has 0 fully saturated rings. The van der Waals surface area contributed by atoms with Crippen LogP contribution in [0.15, 0.2) is 36.4 Å². The van der Waals surface area contributed by atoms with Crippen molar-refractivity contribution in [1.29, 1.82) is 0 Å². The van der Waals surface area contributed by atoms with Gasteiger partial charge >= 0.3 is 6.09 Å². The predicted octanol–water partition coefficient (Wildman–Crippen LogP) is 3.41. The number of methoxy groups -OCH3 is 1. The van der Waals surface area contributed by atoms with E-state index in [0.29, 0.717) is 0 Å². The van der Waals surface area contributed by atoms with Crippen LogP contribution in [-0.4, -0.2) is 30.5 Å². The van der Waals surface area contributed by atoms with E-state index in [1.807, 2.05) is 36.4 Å². The highest BCUT2D eigenvalue weighted by molar-refractivity contribution is 5.84. The van der Waals surface area contributed by atoms with Crippen LogP contribution in [0.2, 0.25) is 0 Å². The fourth-order valence-electron chi connectivity index (χ4n) is 2.19. The van der Waals surface area contributed by atoms with Gasteiger partial charge < -0.3 is 19.9 Å². The average molecular weight is 317 g/mol. The number of carbonyl (C=O) groups excluding carboxylic acids is 1. The third-order valence-electron chi connectivity index (χ3n) is 3.29. The molecule has 5 nitrogen and oxygen atoms in total. The zero-order valence-corrected chi connectivity index (χ0v) is 13.9. The summed E-state index contributed by atoms with van der Waals surface area (Å²) in [4.78, 5) is 11.6. The number of carbonyl (C=O) groups is 1. The van der Waals surface area contributed by atoms with Crippen LogP contribution >= 0.6 is 0 Å². The van der Waals surface area contributed by atoms with Crippen molar-refractivity contribution in [3.63, 3.8) is 0 Å². The first kappa shape index (κ1) is 17.1. The molecule has 0 heterocycles. The van der Waals surface area contributed by atoms with Crippen molar-refractivity contribution < 1.29 is 19.4 Å². The number of aliphatic hydroxyl groups is 1. The summed E-state index contributed by atoms with van der Waals surface area (Å²) in [5.41, 5.74) is 0.163. The second-order valence-electron chi connectivity index (χ2n) is 6.37. The number of hydrogen-bond donors (Lipinski definition) is 2. The molecule has 0 unspecified atom stereocenters. The molecular formula is C18H23NO4. The zero-order chi connectivity index (χ0) is 17.0. The van der Waals surface area contributed by atoms with Crippen LogP contribution in [0.5, 0.6) is 5.75 Å². The number of ether oxygens (including phenoxy) is 2. The fourth-order valence-corrected chi connectivity index (χ4v) is 2.19. The number of nitrogens with one attached hydrogen (secondary N) is 1. The smallest absolute Gasteiger partial charge is 0.407 e. The minimum Gasteiger partial charge on any atom is -0.497 e. The van der Waals surface area contributed by atoms with Crippen molar-refractivity contribution in [2.75, 3.05) is 13.7 Å². The molecule has 23 heavy (non-hydrogen) atoms. The highest BCUT2D eigenvalue weighted by atomic mass is 16.6. The van der Waals surface area contributed by atoms with Gasteiger partial charge in [0.15, 0.2) is 0 Å². The topological polar surface area (TPSA) is 67.8 Å². The van der Waals surface area contributed by atoms with Gasteiger partial charge in [-0.15, -0.1) is 0 Å². The maximum absolute atomic E-state index is 11.6. The van der Waals surface area contributed by atoms with E-state index in [2.05, 4.69) is 5.32 Å². The molecule has 2 N–H and O–H groups in total. The van der Waals surface area contributed by atoms with Gasteiger partial charge in [-0.05, 0) is 55.3 Å². The number of aliphatic hydroxyl groups excluding tert-OH is 1. The quantitative estimate of drug-likeness (QED) is 0.907. The highest BCUT2D eigenvalue weighted by Gasteiger charge is 2.17. The Morgan fingerprint density at radius 3 is 2.52 bits per heavy atom. The summed E-state index contributed by atoms with van der Waals surface area (Å²) in [6.07, 6.45) is -1.35. The normalized spacial score (nSPS) is 12.7. The van der Waals surface area contributed by atoms with Gasteiger partial charge in [0, 0.05) is 0 Å². The maximum atomic E-state index is 11.6. The lowest BCUT2D eigenvalue weighted by atomic mass is 10.0. The van der Waals surface area contributed by atoms with E-state index in [9.17, 15) is 9.90 Å². The van der Waals surface area contributed by atoms with Gasteiger partial charge in [-0.3, -0.25) is 0 Å². The van der Waals surface area contributed by atoms with Gasteiger partial charge in [-0.1, -0.05) is 18.2 Å². The number of amides is 1. The molecule has 0 aliphatic heterocycles. The van der Waals surface area contributed by atoms with Crippen molar-refractivity contribution >= 4 is 16.9 Å². The molecule has 0 bridgehead atoms. The van der Waals surface area contributed by atoms with Crippen molar-refractivity contribution in [3.8, 4) is 5.75 Å². The summed E-state index contributed by atoms with van der Waals surface area (Å²) in [5, 5.41) is 14.9. The Labute approximate surface area is 136 Å². The summed E-state index contributed by atoms with van der Waals surface area (Å²) >= 11 is 0. The Morgan fingerprint density at radius 1 is 1.17 bits per heavy atom. The van der Waals surface area contributed by atoms with Crippen LogP contribution in [0, 0.1) is 0 Å². The standard InChI is InChI=1S/C18H23NO4/c1-18(2,3)23-17(21)19-11-16(20)13-6-5-12-7-8-15(22-4)10-14(12)9-13/h5-10,16,20H,11H2,1-4H3,(H,19,21)/t16-/m1/s1. The van der Waals surface area contributed by atoms with Crippen LogP contribution in [-0.2, 0) is 4.74 Å². The number of hydrogen-bond acceptors (Lipinski definition) is 4. The average Bonchev–Trinajstić information content (AvgIpc) is 2.49. The molecule has 0 saturated heterocycles. The van der Waals surface area contributed by atoms with Crippen LogP contribution < -0.4 is 10.1 Å². The van der Waals surface area contributed by atoms with Crippen LogP contribution in [0.1, 0.15) is 32.4 Å². The summed E-state index contributed by atoms with van der Waals surface area (Å²) in [7, 11) is 1.62. The third kappa shape index (κ3) is 4.86. The van der Waals surface area contributed by atoms with Crippen molar-refractivity contribution in [2.24, 2.45) is 0 Å². The van der Waals surface area contributed by atoms with Gasteiger partial charge in [-0.2, -0.15) is 0 Å². The van der Waals surface area contributed by atoms with E-state index in [1.165, 1.54) is 0 Å². The molecule has 0 aliphatic carbocycles. The second-order valence-corrected chi connectivity index (χ2v) is 6.37. The minimum absolute atomic E-state index is 0.0877. The molecule has 0 saturated carbocycles. The first-order valence-electron chi connectivity index (χ1n) is 7.51. The van der Waals surface area contributed by atoms with Gasteiger partial charge in [-0.25, -0.2) is 4.79 Å². The SMILES string of the molecule is COc1ccc2ccc([C@H](O)CNC(=O)OC(C)(C)C)cc2c1. The monoisotopic (exact) mass is 317 g/mol. The molecule has 1 amide bonds. The van der Waals surface area contributed by atoms with E-state index in [-0.39, 0.29) is 6.54 Å². The molecule has 124 valence electrons. The van der Waals surface area contributed by atoms with E-state index in [0.717, 1.165) is 22.1 Å². The van der Waals surface area contributed by atoms with Crippen LogP contribution in [0.3, 0.4) is 0 Å². The lowest BCUT2D eigenvalue weighted by Gasteiger charge is -2.20. The van der Waals surface area contributed by atoms with E-state index in [1.54, 1.807) is 27.9 Å². The van der Waals surface area contributed by atoms with Crippen molar-refractivity contribution in [3.05, 3.63) is 42.0 Å². The van der Waals surface area contributed by atoms with E-state index in [4.69, 9.17) is 9.47 Å². The second kappa shape index (κ2) is 6.87. The fraction of sp³-hybridized carbons (Fsp3) is 0.389.